The van der Waals surface area contributed by atoms with Gasteiger partial charge in [-0.1, -0.05) is 45.9 Å². The first kappa shape index (κ1) is 16.8. The van der Waals surface area contributed by atoms with E-state index >= 15 is 0 Å². The van der Waals surface area contributed by atoms with Crippen molar-refractivity contribution in [3.8, 4) is 0 Å². The lowest BCUT2D eigenvalue weighted by Gasteiger charge is -2.19. The van der Waals surface area contributed by atoms with E-state index in [0.717, 1.165) is 11.1 Å². The summed E-state index contributed by atoms with van der Waals surface area (Å²) in [6, 6.07) is 4.87. The van der Waals surface area contributed by atoms with Gasteiger partial charge in [0.1, 0.15) is 0 Å². The fourth-order valence-electron chi connectivity index (χ4n) is 1.95. The van der Waals surface area contributed by atoms with Crippen molar-refractivity contribution in [1.82, 2.24) is 4.72 Å². The van der Waals surface area contributed by atoms with Gasteiger partial charge in [-0.05, 0) is 23.0 Å². The first-order valence-electron chi connectivity index (χ1n) is 6.28. The lowest BCUT2D eigenvalue weighted by atomic mass is 9.93. The van der Waals surface area contributed by atoms with Gasteiger partial charge in [0.2, 0.25) is 0 Å². The van der Waals surface area contributed by atoms with Crippen molar-refractivity contribution in [1.29, 1.82) is 0 Å². The van der Waals surface area contributed by atoms with Crippen molar-refractivity contribution < 1.29 is 13.2 Å². The molecule has 7 heteroatoms. The molecule has 0 aliphatic rings. The van der Waals surface area contributed by atoms with Gasteiger partial charge in [-0.2, -0.15) is 8.42 Å². The van der Waals surface area contributed by atoms with Gasteiger partial charge in [0.15, 0.2) is 0 Å². The lowest BCUT2D eigenvalue weighted by Crippen LogP contribution is -2.32. The minimum Gasteiger partial charge on any atom is -0.307 e. The highest BCUT2D eigenvalue weighted by Crippen LogP contribution is 2.32. The minimum absolute atomic E-state index is 0.191. The van der Waals surface area contributed by atoms with Crippen LogP contribution >= 0.6 is 10.7 Å². The summed E-state index contributed by atoms with van der Waals surface area (Å²) in [4.78, 5) is 11.7. The van der Waals surface area contributed by atoms with Crippen LogP contribution in [-0.4, -0.2) is 14.4 Å². The van der Waals surface area contributed by atoms with E-state index in [2.05, 4.69) is 5.32 Å². The first-order valence-corrected chi connectivity index (χ1v) is 8.59. The normalized spacial score (nSPS) is 11.8. The lowest BCUT2D eigenvalue weighted by molar-refractivity contribution is 0.256. The molecule has 0 saturated heterocycles. The third-order valence-electron chi connectivity index (χ3n) is 2.83. The quantitative estimate of drug-likeness (QED) is 0.834. The van der Waals surface area contributed by atoms with Gasteiger partial charge in [-0.25, -0.2) is 9.52 Å². The van der Waals surface area contributed by atoms with Crippen molar-refractivity contribution in [3.63, 3.8) is 0 Å². The number of hydrogen-bond donors (Lipinski definition) is 2. The minimum atomic E-state index is -4.10. The number of para-hydroxylation sites is 1. The Labute approximate surface area is 124 Å². The van der Waals surface area contributed by atoms with Crippen LogP contribution in [0.25, 0.3) is 0 Å². The van der Waals surface area contributed by atoms with E-state index in [4.69, 9.17) is 10.7 Å². The maximum Gasteiger partial charge on any atom is 0.333 e. The number of rotatable bonds is 4. The molecule has 0 atom stereocenters. The van der Waals surface area contributed by atoms with Crippen LogP contribution in [0.4, 0.5) is 10.5 Å². The second kappa shape index (κ2) is 6.45. The summed E-state index contributed by atoms with van der Waals surface area (Å²) in [5.41, 5.74) is 2.52. The Morgan fingerprint density at radius 1 is 1.10 bits per heavy atom. The molecule has 0 aromatic heterocycles. The Balaban J connectivity index is 3.17. The Morgan fingerprint density at radius 3 is 1.90 bits per heavy atom. The molecule has 0 fully saturated rings. The van der Waals surface area contributed by atoms with Gasteiger partial charge in [0.25, 0.3) is 0 Å². The number of nitrogens with one attached hydrogen (secondary N) is 2. The van der Waals surface area contributed by atoms with E-state index in [1.807, 2.05) is 45.9 Å². The highest BCUT2D eigenvalue weighted by molar-refractivity contribution is 8.12. The fourth-order valence-corrected chi connectivity index (χ4v) is 2.43. The van der Waals surface area contributed by atoms with Crippen LogP contribution < -0.4 is 10.0 Å². The summed E-state index contributed by atoms with van der Waals surface area (Å²) in [5, 5.41) is 2.58. The van der Waals surface area contributed by atoms with E-state index in [0.29, 0.717) is 5.69 Å². The van der Waals surface area contributed by atoms with Crippen molar-refractivity contribution in [2.45, 2.75) is 39.5 Å². The summed E-state index contributed by atoms with van der Waals surface area (Å²) in [5.74, 6) is 0.383. The number of amides is 2. The zero-order chi connectivity index (χ0) is 15.5. The highest BCUT2D eigenvalue weighted by Gasteiger charge is 2.17. The molecule has 1 rings (SSSR count). The average molecular weight is 319 g/mol. The Morgan fingerprint density at radius 2 is 1.55 bits per heavy atom. The Hall–Kier alpha value is -1.27. The Kier molecular flexibility index (Phi) is 5.42. The molecule has 2 N–H and O–H groups in total. The van der Waals surface area contributed by atoms with Gasteiger partial charge >= 0.3 is 15.3 Å². The smallest absolute Gasteiger partial charge is 0.307 e. The van der Waals surface area contributed by atoms with Crippen LogP contribution in [0.1, 0.15) is 50.7 Å². The number of carbonyl (C=O) groups excluding carboxylic acids is 1. The van der Waals surface area contributed by atoms with Gasteiger partial charge < -0.3 is 5.32 Å². The molecule has 0 aliphatic carbocycles. The topological polar surface area (TPSA) is 75.3 Å². The monoisotopic (exact) mass is 318 g/mol. The molecule has 2 amide bonds. The molecule has 5 nitrogen and oxygen atoms in total. The highest BCUT2D eigenvalue weighted by atomic mass is 35.7. The van der Waals surface area contributed by atoms with Crippen LogP contribution in [0.15, 0.2) is 18.2 Å². The maximum absolute atomic E-state index is 11.7. The second-order valence-corrected chi connectivity index (χ2v) is 7.41. The molecule has 0 saturated carbocycles. The molecule has 0 unspecified atom stereocenters. The zero-order valence-electron chi connectivity index (χ0n) is 11.9. The third kappa shape index (κ3) is 4.68. The van der Waals surface area contributed by atoms with Gasteiger partial charge in [-0.15, -0.1) is 0 Å². The van der Waals surface area contributed by atoms with Crippen LogP contribution in [0.2, 0.25) is 0 Å². The molecular weight excluding hydrogens is 300 g/mol. The molecule has 0 spiro atoms. The SMILES string of the molecule is CC(C)c1cccc(C(C)C)c1NC(=O)NS(=O)(=O)Cl. The first-order chi connectivity index (χ1) is 9.11. The predicted octanol–water partition coefficient (Wildman–Crippen LogP) is 3.54. The summed E-state index contributed by atoms with van der Waals surface area (Å²) in [6.45, 7) is 8.00. The van der Waals surface area contributed by atoms with E-state index in [1.54, 1.807) is 4.72 Å². The molecule has 0 heterocycles. The number of hydrogen-bond acceptors (Lipinski definition) is 3. The standard InChI is InChI=1S/C13H19ClN2O3S/c1-8(2)10-6-5-7-11(9(3)4)12(10)15-13(17)16-20(14,18)19/h5-9H,1-4H3,(H2,15,16,17). The van der Waals surface area contributed by atoms with E-state index in [9.17, 15) is 13.2 Å². The molecule has 0 bridgehead atoms. The molecule has 0 radical (unpaired) electrons. The van der Waals surface area contributed by atoms with Gasteiger partial charge in [0.05, 0.1) is 0 Å². The molecule has 1 aromatic carbocycles. The van der Waals surface area contributed by atoms with E-state index in [-0.39, 0.29) is 11.8 Å². The summed E-state index contributed by atoms with van der Waals surface area (Å²) in [7, 11) is 0.900. The van der Waals surface area contributed by atoms with Crippen LogP contribution in [-0.2, 0) is 9.24 Å². The fraction of sp³-hybridized carbons (Fsp3) is 0.462. The van der Waals surface area contributed by atoms with Crippen molar-refractivity contribution in [2.24, 2.45) is 0 Å². The van der Waals surface area contributed by atoms with Crippen LogP contribution in [0.5, 0.6) is 0 Å². The molecule has 1 aromatic rings. The number of anilines is 1. The largest absolute Gasteiger partial charge is 0.333 e. The van der Waals surface area contributed by atoms with Crippen LogP contribution in [0, 0.1) is 0 Å². The summed E-state index contributed by atoms with van der Waals surface area (Å²) < 4.78 is 23.4. The molecule has 0 aliphatic heterocycles. The van der Waals surface area contributed by atoms with Crippen molar-refractivity contribution in [3.05, 3.63) is 29.3 Å². The zero-order valence-corrected chi connectivity index (χ0v) is 13.5. The number of carbonyl (C=O) groups is 1. The number of benzene rings is 1. The average Bonchev–Trinajstić information content (AvgIpc) is 2.25. The van der Waals surface area contributed by atoms with E-state index < -0.39 is 15.3 Å². The molecule has 20 heavy (non-hydrogen) atoms. The van der Waals surface area contributed by atoms with Gasteiger partial charge in [-0.3, -0.25) is 0 Å². The van der Waals surface area contributed by atoms with E-state index in [1.165, 1.54) is 0 Å². The van der Waals surface area contributed by atoms with Crippen LogP contribution in [0.3, 0.4) is 0 Å². The molecule has 112 valence electrons. The maximum atomic E-state index is 11.7. The van der Waals surface area contributed by atoms with Crippen molar-refractivity contribution in [2.75, 3.05) is 5.32 Å². The predicted molar refractivity (Wildman–Crippen MR) is 81.5 cm³/mol. The summed E-state index contributed by atoms with van der Waals surface area (Å²) >= 11 is 0. The summed E-state index contributed by atoms with van der Waals surface area (Å²) in [6.07, 6.45) is 0. The number of urea groups is 1. The van der Waals surface area contributed by atoms with Gasteiger partial charge in [0, 0.05) is 16.4 Å². The van der Waals surface area contributed by atoms with Crippen molar-refractivity contribution >= 4 is 31.6 Å². The third-order valence-corrected chi connectivity index (χ3v) is 3.49. The molecular formula is C13H19ClN2O3S. The second-order valence-electron chi connectivity index (χ2n) is 5.11. The number of halogens is 1. The Bertz CT molecular complexity index is 571.